The standard InChI is InChI=1S/C15H23N3O6S/c1-23-14-11-12(18(19)20)3-4-15(14)25(21,22)17-8-5-13(6-9-17)24-10-2-7-16/h3-4,11,13H,2,5-10,16H2,1H3. The third-order valence-corrected chi connectivity index (χ3v) is 6.02. The van der Waals surface area contributed by atoms with Crippen LogP contribution in [0.1, 0.15) is 19.3 Å². The van der Waals surface area contributed by atoms with Gasteiger partial charge in [-0.1, -0.05) is 0 Å². The maximum Gasteiger partial charge on any atom is 0.273 e. The molecule has 0 atom stereocenters. The predicted molar refractivity (Wildman–Crippen MR) is 91.1 cm³/mol. The molecular weight excluding hydrogens is 350 g/mol. The number of nitrogens with two attached hydrogens (primary N) is 1. The Labute approximate surface area is 146 Å². The zero-order valence-electron chi connectivity index (χ0n) is 14.1. The number of nitro groups is 1. The maximum atomic E-state index is 12.8. The molecule has 9 nitrogen and oxygen atoms in total. The number of non-ortho nitro benzene ring substituents is 1. The smallest absolute Gasteiger partial charge is 0.273 e. The van der Waals surface area contributed by atoms with Crippen LogP contribution in [-0.4, -0.2) is 57.1 Å². The summed E-state index contributed by atoms with van der Waals surface area (Å²) in [5.74, 6) is -0.0319. The Balaban J connectivity index is 2.11. The largest absolute Gasteiger partial charge is 0.495 e. The summed E-state index contributed by atoms with van der Waals surface area (Å²) in [4.78, 5) is 10.2. The van der Waals surface area contributed by atoms with Crippen molar-refractivity contribution in [2.75, 3.05) is 33.4 Å². The van der Waals surface area contributed by atoms with Crippen LogP contribution in [0.25, 0.3) is 0 Å². The first-order valence-electron chi connectivity index (χ1n) is 8.04. The highest BCUT2D eigenvalue weighted by molar-refractivity contribution is 7.89. The van der Waals surface area contributed by atoms with Crippen LogP contribution < -0.4 is 10.5 Å². The van der Waals surface area contributed by atoms with E-state index in [0.29, 0.717) is 39.1 Å². The first-order valence-corrected chi connectivity index (χ1v) is 9.48. The van der Waals surface area contributed by atoms with E-state index in [1.807, 2.05) is 0 Å². The molecule has 0 saturated carbocycles. The van der Waals surface area contributed by atoms with Crippen molar-refractivity contribution < 1.29 is 22.8 Å². The van der Waals surface area contributed by atoms with Crippen LogP contribution in [0.2, 0.25) is 0 Å². The van der Waals surface area contributed by atoms with Crippen LogP contribution >= 0.6 is 0 Å². The summed E-state index contributed by atoms with van der Waals surface area (Å²) >= 11 is 0. The number of nitrogens with zero attached hydrogens (tertiary/aromatic N) is 2. The molecule has 0 aliphatic carbocycles. The normalized spacial score (nSPS) is 16.7. The number of benzene rings is 1. The van der Waals surface area contributed by atoms with E-state index in [9.17, 15) is 18.5 Å². The molecule has 1 aromatic rings. The molecule has 0 amide bonds. The Kier molecular flexibility index (Phi) is 6.71. The summed E-state index contributed by atoms with van der Waals surface area (Å²) in [6.07, 6.45) is 1.99. The van der Waals surface area contributed by atoms with E-state index >= 15 is 0 Å². The Morgan fingerprint density at radius 1 is 1.36 bits per heavy atom. The third kappa shape index (κ3) is 4.66. The van der Waals surface area contributed by atoms with E-state index in [0.717, 1.165) is 18.6 Å². The van der Waals surface area contributed by atoms with E-state index in [2.05, 4.69) is 0 Å². The highest BCUT2D eigenvalue weighted by atomic mass is 32.2. The van der Waals surface area contributed by atoms with Gasteiger partial charge in [0.2, 0.25) is 10.0 Å². The number of rotatable bonds is 8. The molecule has 1 heterocycles. The number of methoxy groups -OCH3 is 1. The highest BCUT2D eigenvalue weighted by Crippen LogP contribution is 2.32. The van der Waals surface area contributed by atoms with Crippen molar-refractivity contribution in [2.45, 2.75) is 30.3 Å². The van der Waals surface area contributed by atoms with E-state index in [-0.39, 0.29) is 22.4 Å². The molecule has 1 saturated heterocycles. The van der Waals surface area contributed by atoms with Crippen LogP contribution in [0.3, 0.4) is 0 Å². The average molecular weight is 373 g/mol. The van der Waals surface area contributed by atoms with Crippen LogP contribution in [0.4, 0.5) is 5.69 Å². The number of nitro benzene ring substituents is 1. The molecule has 140 valence electrons. The molecule has 2 rings (SSSR count). The fourth-order valence-electron chi connectivity index (χ4n) is 2.69. The van der Waals surface area contributed by atoms with Crippen LogP contribution in [-0.2, 0) is 14.8 Å². The SMILES string of the molecule is COc1cc([N+](=O)[O-])ccc1S(=O)(=O)N1CCC(OCCCN)CC1. The lowest BCUT2D eigenvalue weighted by Crippen LogP contribution is -2.41. The van der Waals surface area contributed by atoms with Crippen molar-refractivity contribution in [2.24, 2.45) is 5.73 Å². The fraction of sp³-hybridized carbons (Fsp3) is 0.600. The molecule has 0 bridgehead atoms. The van der Waals surface area contributed by atoms with Crippen LogP contribution in [0, 0.1) is 10.1 Å². The molecule has 1 aromatic carbocycles. The molecule has 2 N–H and O–H groups in total. The van der Waals surface area contributed by atoms with Gasteiger partial charge in [0.1, 0.15) is 10.6 Å². The zero-order chi connectivity index (χ0) is 18.4. The van der Waals surface area contributed by atoms with Gasteiger partial charge >= 0.3 is 0 Å². The molecule has 25 heavy (non-hydrogen) atoms. The minimum Gasteiger partial charge on any atom is -0.495 e. The van der Waals surface area contributed by atoms with E-state index in [1.165, 1.54) is 17.5 Å². The summed E-state index contributed by atoms with van der Waals surface area (Å²) in [6, 6.07) is 3.50. The lowest BCUT2D eigenvalue weighted by molar-refractivity contribution is -0.385. The van der Waals surface area contributed by atoms with Crippen molar-refractivity contribution in [3.8, 4) is 5.75 Å². The van der Waals surface area contributed by atoms with Crippen LogP contribution in [0.5, 0.6) is 5.75 Å². The summed E-state index contributed by atoms with van der Waals surface area (Å²) < 4.78 is 37.8. The summed E-state index contributed by atoms with van der Waals surface area (Å²) in [6.45, 7) is 1.79. The predicted octanol–water partition coefficient (Wildman–Crippen LogP) is 1.12. The number of hydrogen-bond donors (Lipinski definition) is 1. The fourth-order valence-corrected chi connectivity index (χ4v) is 4.30. The molecular formula is C15H23N3O6S. The quantitative estimate of drug-likeness (QED) is 0.411. The molecule has 10 heteroatoms. The average Bonchev–Trinajstić information content (AvgIpc) is 2.61. The number of hydrogen-bond acceptors (Lipinski definition) is 7. The van der Waals surface area contributed by atoms with Gasteiger partial charge in [-0.15, -0.1) is 0 Å². The molecule has 0 spiro atoms. The van der Waals surface area contributed by atoms with E-state index in [4.69, 9.17) is 15.2 Å². The number of ether oxygens (including phenoxy) is 2. The second-order valence-corrected chi connectivity index (χ2v) is 7.62. The first kappa shape index (κ1) is 19.6. The lowest BCUT2D eigenvalue weighted by Gasteiger charge is -2.31. The van der Waals surface area contributed by atoms with Gasteiger partial charge in [0.15, 0.2) is 0 Å². The maximum absolute atomic E-state index is 12.8. The highest BCUT2D eigenvalue weighted by Gasteiger charge is 2.32. The van der Waals surface area contributed by atoms with Gasteiger partial charge in [0.05, 0.1) is 24.2 Å². The van der Waals surface area contributed by atoms with Crippen molar-refractivity contribution >= 4 is 15.7 Å². The molecule has 1 fully saturated rings. The molecule has 1 aliphatic heterocycles. The van der Waals surface area contributed by atoms with Gasteiger partial charge in [-0.3, -0.25) is 10.1 Å². The Morgan fingerprint density at radius 2 is 2.04 bits per heavy atom. The van der Waals surface area contributed by atoms with Crippen molar-refractivity contribution in [1.82, 2.24) is 4.31 Å². The van der Waals surface area contributed by atoms with Gasteiger partial charge in [-0.2, -0.15) is 4.31 Å². The second-order valence-electron chi connectivity index (χ2n) is 5.71. The molecule has 1 aliphatic rings. The van der Waals surface area contributed by atoms with E-state index < -0.39 is 14.9 Å². The Bertz CT molecular complexity index is 701. The summed E-state index contributed by atoms with van der Waals surface area (Å²) in [5, 5.41) is 10.8. The minimum absolute atomic E-state index is 0.0248. The van der Waals surface area contributed by atoms with Crippen LogP contribution in [0.15, 0.2) is 23.1 Å². The zero-order valence-corrected chi connectivity index (χ0v) is 14.9. The summed E-state index contributed by atoms with van der Waals surface area (Å²) in [7, 11) is -2.50. The van der Waals surface area contributed by atoms with Crippen molar-refractivity contribution in [3.05, 3.63) is 28.3 Å². The Hall–Kier alpha value is -1.75. The molecule has 0 radical (unpaired) electrons. The summed E-state index contributed by atoms with van der Waals surface area (Å²) in [5.41, 5.74) is 5.20. The van der Waals surface area contributed by atoms with Gasteiger partial charge in [0, 0.05) is 25.8 Å². The Morgan fingerprint density at radius 3 is 2.60 bits per heavy atom. The van der Waals surface area contributed by atoms with Gasteiger partial charge in [-0.25, -0.2) is 8.42 Å². The molecule has 0 unspecified atom stereocenters. The first-order chi connectivity index (χ1) is 11.9. The number of piperidine rings is 1. The van der Waals surface area contributed by atoms with E-state index in [1.54, 1.807) is 0 Å². The monoisotopic (exact) mass is 373 g/mol. The minimum atomic E-state index is -3.79. The van der Waals surface area contributed by atoms with Crippen molar-refractivity contribution in [3.63, 3.8) is 0 Å². The second kappa shape index (κ2) is 8.56. The lowest BCUT2D eigenvalue weighted by atomic mass is 10.1. The topological polar surface area (TPSA) is 125 Å². The van der Waals surface area contributed by atoms with Crippen molar-refractivity contribution in [1.29, 1.82) is 0 Å². The third-order valence-electron chi connectivity index (χ3n) is 4.08. The van der Waals surface area contributed by atoms with Gasteiger partial charge in [-0.05, 0) is 31.9 Å². The van der Waals surface area contributed by atoms with Gasteiger partial charge < -0.3 is 15.2 Å². The molecule has 0 aromatic heterocycles. The number of sulfonamides is 1. The van der Waals surface area contributed by atoms with Gasteiger partial charge in [0.25, 0.3) is 5.69 Å².